The number of piperazine rings is 2. The number of hydrogen-bond donors (Lipinski definition) is 2. The molecule has 39 heavy (non-hydrogen) atoms. The van der Waals surface area contributed by atoms with Crippen LogP contribution in [0.15, 0.2) is 54.1 Å². The van der Waals surface area contributed by atoms with Crippen molar-refractivity contribution in [1.29, 1.82) is 0 Å². The molecule has 2 aromatic carbocycles. The molecule has 0 aromatic heterocycles. The number of carbonyl (C=O) groups excluding carboxylic acids is 1. The van der Waals surface area contributed by atoms with E-state index in [2.05, 4.69) is 46.0 Å². The molecule has 0 bridgehead atoms. The largest absolute Gasteiger partial charge is 0.369 e. The Balaban J connectivity index is 0.00000353. The number of nitrogens with one attached hydrogen (secondary N) is 1. The summed E-state index contributed by atoms with van der Waals surface area (Å²) in [5.74, 6) is -0.378. The molecule has 2 atom stereocenters. The van der Waals surface area contributed by atoms with Gasteiger partial charge >= 0.3 is 0 Å². The molecule has 2 fully saturated rings. The predicted molar refractivity (Wildman–Crippen MR) is 165 cm³/mol. The van der Waals surface area contributed by atoms with Crippen LogP contribution in [0.25, 0.3) is 5.57 Å². The van der Waals surface area contributed by atoms with Crippen LogP contribution in [0.1, 0.15) is 49.0 Å². The van der Waals surface area contributed by atoms with Gasteiger partial charge in [0.25, 0.3) is 0 Å². The highest BCUT2D eigenvalue weighted by Gasteiger charge is 2.35. The third-order valence-electron chi connectivity index (χ3n) is 8.60. The van der Waals surface area contributed by atoms with Crippen LogP contribution < -0.4 is 16.0 Å². The summed E-state index contributed by atoms with van der Waals surface area (Å²) in [6.45, 7) is 14.4. The molecule has 8 heteroatoms. The maximum absolute atomic E-state index is 11.4. The second-order valence-corrected chi connectivity index (χ2v) is 12.3. The van der Waals surface area contributed by atoms with Gasteiger partial charge < -0.3 is 16.0 Å². The molecular weight excluding hydrogens is 529 g/mol. The number of nitrogens with zero attached hydrogens (tertiary/aromatic N) is 3. The number of allylic oxidation sites excluding steroid dienone is 1. The van der Waals surface area contributed by atoms with E-state index in [4.69, 9.17) is 17.3 Å². The number of primary amides is 1. The van der Waals surface area contributed by atoms with Gasteiger partial charge in [-0.25, -0.2) is 0 Å². The van der Waals surface area contributed by atoms with Gasteiger partial charge in [-0.05, 0) is 79.1 Å². The first-order valence-electron chi connectivity index (χ1n) is 14.1. The lowest BCUT2D eigenvalue weighted by Crippen LogP contribution is -2.52. The highest BCUT2D eigenvalue weighted by molar-refractivity contribution is 6.30. The Hall–Kier alpha value is -2.09. The smallest absolute Gasteiger partial charge is 0.248 e. The van der Waals surface area contributed by atoms with Crippen molar-refractivity contribution in [2.45, 2.75) is 39.2 Å². The molecule has 1 aliphatic carbocycles. The predicted octanol–water partition coefficient (Wildman–Crippen LogP) is 4.92. The van der Waals surface area contributed by atoms with Gasteiger partial charge in [0, 0.05) is 81.2 Å². The third kappa shape index (κ3) is 7.56. The summed E-state index contributed by atoms with van der Waals surface area (Å²) in [6.07, 6.45) is 3.50. The van der Waals surface area contributed by atoms with E-state index in [0.29, 0.717) is 17.0 Å². The molecule has 0 saturated carbocycles. The Labute approximate surface area is 245 Å². The van der Waals surface area contributed by atoms with Gasteiger partial charge in [0.2, 0.25) is 5.91 Å². The Morgan fingerprint density at radius 1 is 1.03 bits per heavy atom. The molecule has 2 aromatic rings. The van der Waals surface area contributed by atoms with Gasteiger partial charge in [0.15, 0.2) is 0 Å². The SMILES string of the molecule is C[C@@H]1CN(C[C@]2(C)CCC(c3ccc(Cl)cc3)=C(CN3CCN(c4ccc(C(N)=O)cc4)CC3)C2)CCN1.Cl. The molecule has 3 N–H and O–H groups in total. The Morgan fingerprint density at radius 2 is 1.72 bits per heavy atom. The first kappa shape index (κ1) is 29.9. The normalized spacial score (nSPS) is 24.9. The average molecular weight is 573 g/mol. The maximum atomic E-state index is 11.4. The third-order valence-corrected chi connectivity index (χ3v) is 8.85. The van der Waals surface area contributed by atoms with Crippen LogP contribution in [-0.4, -0.2) is 80.7 Å². The molecule has 2 saturated heterocycles. The molecule has 0 unspecified atom stereocenters. The minimum atomic E-state index is -0.378. The summed E-state index contributed by atoms with van der Waals surface area (Å²) in [5, 5.41) is 4.38. The maximum Gasteiger partial charge on any atom is 0.248 e. The minimum Gasteiger partial charge on any atom is -0.369 e. The van der Waals surface area contributed by atoms with Crippen LogP contribution in [-0.2, 0) is 0 Å². The van der Waals surface area contributed by atoms with Crippen molar-refractivity contribution in [2.24, 2.45) is 11.1 Å². The summed E-state index contributed by atoms with van der Waals surface area (Å²) >= 11 is 6.23. The first-order chi connectivity index (χ1) is 18.3. The van der Waals surface area contributed by atoms with Gasteiger partial charge in [-0.1, -0.05) is 36.2 Å². The van der Waals surface area contributed by atoms with E-state index in [1.54, 1.807) is 5.57 Å². The fourth-order valence-corrected chi connectivity index (χ4v) is 6.69. The van der Waals surface area contributed by atoms with E-state index in [1.165, 1.54) is 24.1 Å². The molecular formula is C31H43Cl2N5O. The highest BCUT2D eigenvalue weighted by Crippen LogP contribution is 2.44. The summed E-state index contributed by atoms with van der Waals surface area (Å²) < 4.78 is 0. The average Bonchev–Trinajstić information content (AvgIpc) is 2.90. The zero-order chi connectivity index (χ0) is 26.7. The fraction of sp³-hybridized carbons (Fsp3) is 0.516. The molecule has 212 valence electrons. The minimum absolute atomic E-state index is 0. The first-order valence-corrected chi connectivity index (χ1v) is 14.5. The van der Waals surface area contributed by atoms with Crippen molar-refractivity contribution in [3.8, 4) is 0 Å². The Bertz CT molecular complexity index is 1140. The van der Waals surface area contributed by atoms with Crippen LogP contribution in [0.5, 0.6) is 0 Å². The molecule has 2 aliphatic heterocycles. The molecule has 1 amide bonds. The number of amides is 1. The van der Waals surface area contributed by atoms with Gasteiger partial charge in [-0.15, -0.1) is 12.4 Å². The van der Waals surface area contributed by atoms with E-state index in [-0.39, 0.29) is 18.3 Å². The van der Waals surface area contributed by atoms with E-state index in [9.17, 15) is 4.79 Å². The van der Waals surface area contributed by atoms with E-state index < -0.39 is 0 Å². The van der Waals surface area contributed by atoms with Gasteiger partial charge in [0.05, 0.1) is 0 Å². The molecule has 6 nitrogen and oxygen atoms in total. The second-order valence-electron chi connectivity index (χ2n) is 11.8. The van der Waals surface area contributed by atoms with Gasteiger partial charge in [0.1, 0.15) is 0 Å². The lowest BCUT2D eigenvalue weighted by atomic mass is 9.71. The number of anilines is 1. The Morgan fingerprint density at radius 3 is 2.36 bits per heavy atom. The number of carbonyl (C=O) groups is 1. The van der Waals surface area contributed by atoms with Crippen molar-refractivity contribution in [3.63, 3.8) is 0 Å². The van der Waals surface area contributed by atoms with E-state index in [0.717, 1.165) is 75.9 Å². The van der Waals surface area contributed by atoms with Crippen LogP contribution in [0.2, 0.25) is 5.02 Å². The zero-order valence-electron chi connectivity index (χ0n) is 23.3. The lowest BCUT2D eigenvalue weighted by molar-refractivity contribution is 0.1000. The van der Waals surface area contributed by atoms with Crippen LogP contribution in [0.3, 0.4) is 0 Å². The van der Waals surface area contributed by atoms with Gasteiger partial charge in [-0.3, -0.25) is 14.6 Å². The molecule has 2 heterocycles. The highest BCUT2D eigenvalue weighted by atomic mass is 35.5. The topological polar surface area (TPSA) is 64.8 Å². The number of hydrogen-bond acceptors (Lipinski definition) is 5. The monoisotopic (exact) mass is 571 g/mol. The number of halogens is 2. The van der Waals surface area contributed by atoms with Crippen molar-refractivity contribution in [2.75, 3.05) is 63.8 Å². The van der Waals surface area contributed by atoms with Crippen molar-refractivity contribution >= 4 is 41.2 Å². The number of nitrogens with two attached hydrogens (primary N) is 1. The second kappa shape index (κ2) is 13.0. The zero-order valence-corrected chi connectivity index (χ0v) is 24.9. The van der Waals surface area contributed by atoms with Gasteiger partial charge in [-0.2, -0.15) is 0 Å². The summed E-state index contributed by atoms with van der Waals surface area (Å²) in [5.41, 5.74) is 11.9. The standard InChI is InChI=1S/C31H42ClN5O.ClH/c1-23-20-36(14-13-34-23)22-31(2)12-11-29(24-3-7-27(32)8-4-24)26(19-31)21-35-15-17-37(18-16-35)28-9-5-25(6-10-28)30(33)38;/h3-10,23,34H,11-22H2,1-2H3,(H2,33,38);1H/t23-,31-;/m1./s1. The van der Waals surface area contributed by atoms with Crippen LogP contribution in [0, 0.1) is 5.41 Å². The summed E-state index contributed by atoms with van der Waals surface area (Å²) in [6, 6.07) is 16.7. The lowest BCUT2D eigenvalue weighted by Gasteiger charge is -2.44. The molecule has 0 radical (unpaired) electrons. The van der Waals surface area contributed by atoms with Crippen molar-refractivity contribution in [1.82, 2.24) is 15.1 Å². The summed E-state index contributed by atoms with van der Waals surface area (Å²) in [7, 11) is 0. The van der Waals surface area contributed by atoms with Crippen LogP contribution >= 0.6 is 24.0 Å². The molecule has 5 rings (SSSR count). The van der Waals surface area contributed by atoms with Crippen molar-refractivity contribution in [3.05, 3.63) is 70.3 Å². The van der Waals surface area contributed by atoms with E-state index >= 15 is 0 Å². The molecule has 0 spiro atoms. The van der Waals surface area contributed by atoms with Crippen LogP contribution in [0.4, 0.5) is 5.69 Å². The number of benzene rings is 2. The molecule has 3 aliphatic rings. The van der Waals surface area contributed by atoms with E-state index in [1.807, 2.05) is 36.4 Å². The fourth-order valence-electron chi connectivity index (χ4n) is 6.57. The number of rotatable bonds is 7. The Kier molecular flexibility index (Phi) is 10.00. The van der Waals surface area contributed by atoms with Crippen molar-refractivity contribution < 1.29 is 4.79 Å². The quantitative estimate of drug-likeness (QED) is 0.493. The summed E-state index contributed by atoms with van der Waals surface area (Å²) in [4.78, 5) is 19.1.